The average molecular weight is 377 g/mol. The first kappa shape index (κ1) is 18.2. The highest BCUT2D eigenvalue weighted by Gasteiger charge is 2.16. The van der Waals surface area contributed by atoms with Crippen molar-refractivity contribution in [3.63, 3.8) is 0 Å². The third-order valence-corrected chi connectivity index (χ3v) is 4.74. The molecular weight excluding hydrogens is 354 g/mol. The first-order chi connectivity index (χ1) is 13.8. The molecule has 0 radical (unpaired) electrons. The molecule has 0 aliphatic carbocycles. The number of aliphatic imine (C=N–C) groups is 1. The lowest BCUT2D eigenvalue weighted by atomic mass is 10.0. The number of hydrogen-bond acceptors (Lipinski definition) is 7. The van der Waals surface area contributed by atoms with Crippen LogP contribution in [0.3, 0.4) is 0 Å². The summed E-state index contributed by atoms with van der Waals surface area (Å²) in [6.07, 6.45) is 7.59. The summed E-state index contributed by atoms with van der Waals surface area (Å²) >= 11 is 0. The van der Waals surface area contributed by atoms with Crippen LogP contribution < -0.4 is 10.6 Å². The van der Waals surface area contributed by atoms with Crippen LogP contribution in [0.5, 0.6) is 0 Å². The summed E-state index contributed by atoms with van der Waals surface area (Å²) in [4.78, 5) is 15.6. The first-order valence-corrected chi connectivity index (χ1v) is 9.27. The fraction of sp³-hybridized carbons (Fsp3) is 0.286. The molecular formula is C21H23N5O2. The number of morpholine rings is 1. The first-order valence-electron chi connectivity index (χ1n) is 9.27. The summed E-state index contributed by atoms with van der Waals surface area (Å²) < 4.78 is 11.1. The second-order valence-corrected chi connectivity index (χ2v) is 6.53. The van der Waals surface area contributed by atoms with E-state index < -0.39 is 0 Å². The average Bonchev–Trinajstić information content (AvgIpc) is 2.77. The van der Waals surface area contributed by atoms with Crippen LogP contribution in [0.15, 0.2) is 53.2 Å². The van der Waals surface area contributed by atoms with Crippen LogP contribution in [-0.4, -0.2) is 56.1 Å². The fourth-order valence-electron chi connectivity index (χ4n) is 3.29. The number of nitrogens with two attached hydrogens (primary N) is 1. The van der Waals surface area contributed by atoms with E-state index in [9.17, 15) is 0 Å². The molecule has 0 atom stereocenters. The lowest BCUT2D eigenvalue weighted by molar-refractivity contribution is 0.122. The Hall–Kier alpha value is -3.19. The number of nitrogens with zero attached hydrogens (tertiary/aromatic N) is 4. The fourth-order valence-corrected chi connectivity index (χ4v) is 3.29. The topological polar surface area (TPSA) is 85.9 Å². The van der Waals surface area contributed by atoms with Crippen molar-refractivity contribution in [2.75, 3.05) is 50.6 Å². The molecule has 1 aromatic heterocycles. The van der Waals surface area contributed by atoms with Gasteiger partial charge in [0, 0.05) is 47.9 Å². The minimum atomic E-state index is 0.642. The maximum atomic E-state index is 6.26. The van der Waals surface area contributed by atoms with Crippen LogP contribution in [0, 0.1) is 0 Å². The van der Waals surface area contributed by atoms with E-state index in [-0.39, 0.29) is 0 Å². The number of benzene rings is 1. The lowest BCUT2D eigenvalue weighted by Crippen LogP contribution is -2.37. The molecule has 0 bridgehead atoms. The van der Waals surface area contributed by atoms with Gasteiger partial charge in [-0.05, 0) is 18.2 Å². The predicted molar refractivity (Wildman–Crippen MR) is 111 cm³/mol. The Balaban J connectivity index is 1.72. The summed E-state index contributed by atoms with van der Waals surface area (Å²) in [6.45, 7) is 3.66. The summed E-state index contributed by atoms with van der Waals surface area (Å²) in [6, 6.07) is 7.75. The Labute approximate surface area is 164 Å². The van der Waals surface area contributed by atoms with Gasteiger partial charge in [-0.2, -0.15) is 0 Å². The molecule has 2 aliphatic heterocycles. The van der Waals surface area contributed by atoms with Gasteiger partial charge in [0.15, 0.2) is 0 Å². The number of allylic oxidation sites excluding steroid dienone is 2. The number of aromatic nitrogens is 2. The van der Waals surface area contributed by atoms with Crippen LogP contribution in [0.25, 0.3) is 17.0 Å². The minimum absolute atomic E-state index is 0.642. The molecule has 28 heavy (non-hydrogen) atoms. The Morgan fingerprint density at radius 3 is 2.82 bits per heavy atom. The van der Waals surface area contributed by atoms with Gasteiger partial charge in [0.05, 0.1) is 32.6 Å². The van der Waals surface area contributed by atoms with Crippen molar-refractivity contribution in [2.24, 2.45) is 4.99 Å². The zero-order valence-electron chi connectivity index (χ0n) is 15.8. The van der Waals surface area contributed by atoms with Crippen molar-refractivity contribution in [3.05, 3.63) is 53.8 Å². The van der Waals surface area contributed by atoms with Crippen molar-refractivity contribution in [1.29, 1.82) is 0 Å². The van der Waals surface area contributed by atoms with E-state index in [0.717, 1.165) is 35.5 Å². The highest BCUT2D eigenvalue weighted by Crippen LogP contribution is 2.30. The summed E-state index contributed by atoms with van der Waals surface area (Å²) in [5.74, 6) is 1.41. The van der Waals surface area contributed by atoms with Gasteiger partial charge < -0.3 is 20.1 Å². The molecule has 7 nitrogen and oxygen atoms in total. The number of nitrogen functional groups attached to an aromatic ring is 1. The summed E-state index contributed by atoms with van der Waals surface area (Å²) in [5, 5.41) is 0. The van der Waals surface area contributed by atoms with Gasteiger partial charge >= 0.3 is 0 Å². The Bertz CT molecular complexity index is 932. The summed E-state index contributed by atoms with van der Waals surface area (Å²) in [5.41, 5.74) is 10.4. The van der Waals surface area contributed by atoms with E-state index in [1.807, 2.05) is 42.6 Å². The second-order valence-electron chi connectivity index (χ2n) is 6.53. The maximum Gasteiger partial charge on any atom is 0.226 e. The van der Waals surface area contributed by atoms with Gasteiger partial charge in [0.25, 0.3) is 0 Å². The molecule has 144 valence electrons. The maximum absolute atomic E-state index is 6.26. The molecule has 1 saturated heterocycles. The highest BCUT2D eigenvalue weighted by atomic mass is 16.5. The number of hydrogen-bond donors (Lipinski definition) is 1. The molecule has 2 N–H and O–H groups in total. The normalized spacial score (nSPS) is 18.2. The monoisotopic (exact) mass is 377 g/mol. The van der Waals surface area contributed by atoms with Crippen molar-refractivity contribution >= 4 is 23.6 Å². The molecule has 0 unspecified atom stereocenters. The number of rotatable bonds is 4. The van der Waals surface area contributed by atoms with Crippen LogP contribution in [0.2, 0.25) is 0 Å². The van der Waals surface area contributed by atoms with E-state index >= 15 is 0 Å². The summed E-state index contributed by atoms with van der Waals surface area (Å²) in [7, 11) is 1.64. The largest absolute Gasteiger partial charge is 0.495 e. The van der Waals surface area contributed by atoms with Gasteiger partial charge in [-0.15, -0.1) is 0 Å². The standard InChI is InChI=1S/C21H23N5O2/c1-27-20(16-3-2-7-23-14-16)17-13-15(4-5-18(17)22)19-6-8-24-21(25-19)26-9-11-28-12-10-26/h2-6,8,13-14H,7,9-12,22H2,1H3. The second kappa shape index (κ2) is 8.22. The predicted octanol–water partition coefficient (Wildman–Crippen LogP) is 2.56. The zero-order valence-corrected chi connectivity index (χ0v) is 15.8. The van der Waals surface area contributed by atoms with Gasteiger partial charge in [-0.1, -0.05) is 18.2 Å². The van der Waals surface area contributed by atoms with E-state index in [0.29, 0.717) is 37.2 Å². The third-order valence-electron chi connectivity index (χ3n) is 4.74. The molecule has 2 aliphatic rings. The third kappa shape index (κ3) is 3.75. The van der Waals surface area contributed by atoms with Gasteiger partial charge in [0.1, 0.15) is 5.76 Å². The quantitative estimate of drug-likeness (QED) is 0.651. The Morgan fingerprint density at radius 1 is 1.21 bits per heavy atom. The lowest BCUT2D eigenvalue weighted by Gasteiger charge is -2.26. The molecule has 2 aromatic rings. The van der Waals surface area contributed by atoms with Gasteiger partial charge in [-0.3, -0.25) is 4.99 Å². The Morgan fingerprint density at radius 2 is 2.07 bits per heavy atom. The zero-order chi connectivity index (χ0) is 19.3. The SMILES string of the molecule is COC(=C1C=CCN=C1)c1cc(-c2ccnc(N3CCOCC3)n2)ccc1N. The van der Waals surface area contributed by atoms with E-state index in [2.05, 4.69) is 14.9 Å². The van der Waals surface area contributed by atoms with E-state index in [1.54, 1.807) is 13.3 Å². The number of dihydropyridines is 1. The highest BCUT2D eigenvalue weighted by molar-refractivity contribution is 5.95. The van der Waals surface area contributed by atoms with Crippen molar-refractivity contribution in [2.45, 2.75) is 0 Å². The Kier molecular flexibility index (Phi) is 5.34. The van der Waals surface area contributed by atoms with E-state index in [1.165, 1.54) is 0 Å². The van der Waals surface area contributed by atoms with Gasteiger partial charge in [0.2, 0.25) is 5.95 Å². The number of methoxy groups -OCH3 is 1. The number of anilines is 2. The van der Waals surface area contributed by atoms with Crippen molar-refractivity contribution in [3.8, 4) is 11.3 Å². The molecule has 1 aromatic carbocycles. The molecule has 3 heterocycles. The van der Waals surface area contributed by atoms with E-state index in [4.69, 9.17) is 20.2 Å². The van der Waals surface area contributed by atoms with Crippen LogP contribution in [0.4, 0.5) is 11.6 Å². The van der Waals surface area contributed by atoms with Crippen LogP contribution in [0.1, 0.15) is 5.56 Å². The van der Waals surface area contributed by atoms with Crippen molar-refractivity contribution < 1.29 is 9.47 Å². The smallest absolute Gasteiger partial charge is 0.226 e. The number of ether oxygens (including phenoxy) is 2. The molecule has 1 fully saturated rings. The van der Waals surface area contributed by atoms with Gasteiger partial charge in [-0.25, -0.2) is 9.97 Å². The molecule has 0 spiro atoms. The molecule has 0 amide bonds. The molecule has 7 heteroatoms. The minimum Gasteiger partial charge on any atom is -0.495 e. The van der Waals surface area contributed by atoms with Crippen molar-refractivity contribution in [1.82, 2.24) is 9.97 Å². The van der Waals surface area contributed by atoms with Crippen LogP contribution >= 0.6 is 0 Å². The van der Waals surface area contributed by atoms with Crippen LogP contribution in [-0.2, 0) is 9.47 Å². The molecule has 4 rings (SSSR count). The molecule has 0 saturated carbocycles.